The third-order valence-electron chi connectivity index (χ3n) is 12.2. The predicted molar refractivity (Wildman–Crippen MR) is 286 cm³/mol. The van der Waals surface area contributed by atoms with Crippen molar-refractivity contribution in [3.63, 3.8) is 0 Å². The van der Waals surface area contributed by atoms with Crippen LogP contribution in [0.1, 0.15) is 64.2 Å². The third kappa shape index (κ3) is 10.2. The number of carbonyl (C=O) groups is 4. The van der Waals surface area contributed by atoms with Gasteiger partial charge in [0.25, 0.3) is 23.6 Å². The van der Waals surface area contributed by atoms with Crippen LogP contribution < -0.4 is 44.2 Å². The van der Waals surface area contributed by atoms with Gasteiger partial charge in [0.1, 0.15) is 0 Å². The van der Waals surface area contributed by atoms with Gasteiger partial charge in [0.2, 0.25) is 0 Å². The Balaban J connectivity index is 1.34. The van der Waals surface area contributed by atoms with E-state index in [1.807, 2.05) is 97.1 Å². The summed E-state index contributed by atoms with van der Waals surface area (Å²) >= 11 is 0. The minimum atomic E-state index is -0.236. The Morgan fingerprint density at radius 2 is 0.569 bits per heavy atom. The molecule has 9 rings (SSSR count). The van der Waals surface area contributed by atoms with Crippen LogP contribution >= 0.6 is 0 Å². The molecule has 0 spiro atoms. The van der Waals surface area contributed by atoms with Gasteiger partial charge in [-0.2, -0.15) is 0 Å². The normalized spacial score (nSPS) is 11.6. The Labute approximate surface area is 415 Å². The summed E-state index contributed by atoms with van der Waals surface area (Å²) in [4.78, 5) is 70.2. The summed E-state index contributed by atoms with van der Waals surface area (Å²) in [5.41, 5.74) is 36.4. The number of fused-ring (bicyclic) bond motifs is 8. The molecule has 2 aliphatic heterocycles. The van der Waals surface area contributed by atoms with Crippen molar-refractivity contribution in [1.82, 2.24) is 41.2 Å². The van der Waals surface area contributed by atoms with Crippen LogP contribution in [0.4, 0.5) is 0 Å². The fourth-order valence-electron chi connectivity index (χ4n) is 8.72. The molecular formula is C56H54N12O4. The number of nitrogens with zero attached hydrogens (tertiary/aromatic N) is 2. The molecule has 16 heteroatoms. The number of aromatic nitrogens is 4. The Kier molecular flexibility index (Phi) is 14.7. The highest BCUT2D eigenvalue weighted by Gasteiger charge is 2.21. The van der Waals surface area contributed by atoms with Crippen LogP contribution in [0.2, 0.25) is 0 Å². The number of benzene rings is 4. The molecule has 0 aliphatic carbocycles. The van der Waals surface area contributed by atoms with E-state index in [9.17, 15) is 19.2 Å². The van der Waals surface area contributed by atoms with Crippen molar-refractivity contribution < 1.29 is 19.2 Å². The zero-order valence-electron chi connectivity index (χ0n) is 39.4. The quantitative estimate of drug-likeness (QED) is 0.0533. The van der Waals surface area contributed by atoms with Crippen LogP contribution in [0.3, 0.4) is 0 Å². The molecule has 3 aromatic heterocycles. The molecule has 5 heterocycles. The average molecular weight is 959 g/mol. The Morgan fingerprint density at radius 1 is 0.333 bits per heavy atom. The lowest BCUT2D eigenvalue weighted by Crippen LogP contribution is -2.28. The second-order valence-corrected chi connectivity index (χ2v) is 17.0. The topological polar surface area (TPSA) is 278 Å². The number of aromatic amines is 2. The Hall–Kier alpha value is -8.80. The zero-order chi connectivity index (χ0) is 50.1. The Morgan fingerprint density at radius 3 is 0.847 bits per heavy atom. The van der Waals surface area contributed by atoms with Gasteiger partial charge in [-0.1, -0.05) is 48.5 Å². The van der Waals surface area contributed by atoms with Gasteiger partial charge in [-0.25, -0.2) is 9.97 Å². The summed E-state index contributed by atoms with van der Waals surface area (Å²) in [7, 11) is 0. The maximum atomic E-state index is 13.0. The van der Waals surface area contributed by atoms with E-state index < -0.39 is 0 Å². The van der Waals surface area contributed by atoms with E-state index in [1.54, 1.807) is 48.5 Å². The first-order valence-electron chi connectivity index (χ1n) is 23.7. The number of hydrogen-bond donors (Lipinski definition) is 10. The minimum absolute atomic E-state index is 0.227. The summed E-state index contributed by atoms with van der Waals surface area (Å²) in [6, 6.07) is 37.5. The van der Waals surface area contributed by atoms with Gasteiger partial charge >= 0.3 is 0 Å². The van der Waals surface area contributed by atoms with Gasteiger partial charge in [-0.05, 0) is 119 Å². The SMILES string of the molecule is NCCNC(=O)c1ccc(-c2c3nc(c(-c4ccc(C(=O)NCCN)cc4)c4ccc([nH]4)c(-c4ccc(C(=O)NCCN)cc4)c4ccc([nH]4)c(-c4ccc(C(=O)NCCN)cc4)c4nc2C=C4)C=C3)cc1. The number of nitrogens with one attached hydrogen (secondary N) is 6. The summed E-state index contributed by atoms with van der Waals surface area (Å²) in [6.07, 6.45) is 7.83. The number of amides is 4. The monoisotopic (exact) mass is 958 g/mol. The van der Waals surface area contributed by atoms with Crippen molar-refractivity contribution in [2.24, 2.45) is 22.9 Å². The lowest BCUT2D eigenvalue weighted by molar-refractivity contribution is 0.0946. The van der Waals surface area contributed by atoms with Gasteiger partial charge in [0.15, 0.2) is 0 Å². The van der Waals surface area contributed by atoms with Crippen molar-refractivity contribution in [3.05, 3.63) is 166 Å². The molecule has 4 aromatic carbocycles. The second kappa shape index (κ2) is 21.9. The molecule has 0 saturated heterocycles. The van der Waals surface area contributed by atoms with Crippen LogP contribution in [-0.4, -0.2) is 95.9 Å². The highest BCUT2D eigenvalue weighted by molar-refractivity contribution is 6.03. The van der Waals surface area contributed by atoms with Gasteiger partial charge in [-0.3, -0.25) is 19.2 Å². The molecule has 0 unspecified atom stereocenters. The van der Waals surface area contributed by atoms with E-state index in [2.05, 4.69) is 31.2 Å². The molecule has 14 N–H and O–H groups in total. The fraction of sp³-hybridized carbons (Fsp3) is 0.143. The maximum Gasteiger partial charge on any atom is 0.251 e. The van der Waals surface area contributed by atoms with Crippen molar-refractivity contribution in [1.29, 1.82) is 0 Å². The number of hydrogen-bond acceptors (Lipinski definition) is 10. The molecule has 8 bridgehead atoms. The van der Waals surface area contributed by atoms with Crippen LogP contribution in [0, 0.1) is 0 Å². The van der Waals surface area contributed by atoms with Crippen molar-refractivity contribution >= 4 is 70.0 Å². The molecular weight excluding hydrogens is 905 g/mol. The first-order valence-corrected chi connectivity index (χ1v) is 23.7. The zero-order valence-corrected chi connectivity index (χ0v) is 39.4. The largest absolute Gasteiger partial charge is 0.354 e. The summed E-state index contributed by atoms with van der Waals surface area (Å²) < 4.78 is 0. The molecule has 72 heavy (non-hydrogen) atoms. The van der Waals surface area contributed by atoms with E-state index >= 15 is 0 Å². The first kappa shape index (κ1) is 48.2. The number of rotatable bonds is 16. The lowest BCUT2D eigenvalue weighted by Gasteiger charge is -2.09. The highest BCUT2D eigenvalue weighted by atomic mass is 16.2. The molecule has 2 aliphatic rings. The number of nitrogens with two attached hydrogens (primary N) is 4. The predicted octanol–water partition coefficient (Wildman–Crippen LogP) is 6.08. The summed E-state index contributed by atoms with van der Waals surface area (Å²) in [6.45, 7) is 2.66. The lowest BCUT2D eigenvalue weighted by atomic mass is 10.0. The van der Waals surface area contributed by atoms with Crippen LogP contribution in [0.25, 0.3) is 90.9 Å². The van der Waals surface area contributed by atoms with Crippen molar-refractivity contribution in [2.75, 3.05) is 52.4 Å². The molecule has 4 amide bonds. The number of carbonyl (C=O) groups excluding carboxylic acids is 4. The first-order chi connectivity index (χ1) is 35.2. The summed E-state index contributed by atoms with van der Waals surface area (Å²) in [5.74, 6) is -0.925. The smallest absolute Gasteiger partial charge is 0.251 e. The third-order valence-corrected chi connectivity index (χ3v) is 12.2. The maximum absolute atomic E-state index is 13.0. The standard InChI is InChI=1S/C56H54N12O4/c57-25-29-61-53(69)37-9-1-33(2-10-37)49-41-17-19-43(65-41)50(34-3-11-38(12-4-34)54(70)62-30-26-58)45-21-23-47(67-45)52(36-7-15-40(16-8-36)56(72)64-32-28-60)48-24-22-46(68-48)51(44-20-18-42(49)66-44)35-5-13-39(14-6-35)55(71)63-31-27-59/h1-24,65-66H,25-32,57-60H2,(H,61,69)(H,62,70)(H,63,71)(H,64,72). The van der Waals surface area contributed by atoms with E-state index in [-0.39, 0.29) is 23.6 Å². The molecule has 0 fully saturated rings. The second-order valence-electron chi connectivity index (χ2n) is 17.0. The minimum Gasteiger partial charge on any atom is -0.354 e. The molecule has 0 radical (unpaired) electrons. The van der Waals surface area contributed by atoms with Crippen molar-refractivity contribution in [3.8, 4) is 44.5 Å². The summed E-state index contributed by atoms with van der Waals surface area (Å²) in [5, 5.41) is 11.4. The van der Waals surface area contributed by atoms with Crippen LogP contribution in [0.15, 0.2) is 121 Å². The molecule has 362 valence electrons. The molecule has 0 saturated carbocycles. The molecule has 7 aromatic rings. The van der Waals surface area contributed by atoms with Crippen molar-refractivity contribution in [2.45, 2.75) is 0 Å². The van der Waals surface area contributed by atoms with Crippen LogP contribution in [0.5, 0.6) is 0 Å². The average Bonchev–Trinajstić information content (AvgIpc) is 4.28. The van der Waals surface area contributed by atoms with E-state index in [0.717, 1.165) is 66.6 Å². The van der Waals surface area contributed by atoms with E-state index in [1.165, 1.54) is 0 Å². The van der Waals surface area contributed by atoms with Gasteiger partial charge < -0.3 is 54.2 Å². The van der Waals surface area contributed by atoms with Gasteiger partial charge in [0, 0.05) is 119 Å². The van der Waals surface area contributed by atoms with Crippen LogP contribution in [-0.2, 0) is 0 Å². The van der Waals surface area contributed by atoms with E-state index in [0.29, 0.717) is 97.4 Å². The van der Waals surface area contributed by atoms with Gasteiger partial charge in [-0.15, -0.1) is 0 Å². The highest BCUT2D eigenvalue weighted by Crippen LogP contribution is 2.39. The molecule has 0 atom stereocenters. The number of H-pyrrole nitrogens is 2. The fourth-order valence-corrected chi connectivity index (χ4v) is 8.72. The van der Waals surface area contributed by atoms with E-state index in [4.69, 9.17) is 32.9 Å². The Bertz CT molecular complexity index is 3250. The van der Waals surface area contributed by atoms with Gasteiger partial charge in [0.05, 0.1) is 22.8 Å². The molecule has 16 nitrogen and oxygen atoms in total.